The molecule has 5 rings (SSSR count). The summed E-state index contributed by atoms with van der Waals surface area (Å²) in [5.41, 5.74) is 9.81. The Labute approximate surface area is 223 Å². The van der Waals surface area contributed by atoms with Crippen molar-refractivity contribution < 1.29 is 0 Å². The number of allylic oxidation sites excluding steroid dienone is 2. The average molecular weight is 497 g/mol. The zero-order valence-electron chi connectivity index (χ0n) is 23.4. The molecule has 37 heavy (non-hydrogen) atoms. The predicted octanol–water partition coefficient (Wildman–Crippen LogP) is 6.16. The molecule has 6 unspecified atom stereocenters. The summed E-state index contributed by atoms with van der Waals surface area (Å²) in [5, 5.41) is 12.1. The maximum atomic E-state index is 4.37. The van der Waals surface area contributed by atoms with Gasteiger partial charge in [0.25, 0.3) is 0 Å². The van der Waals surface area contributed by atoms with Gasteiger partial charge in [0.1, 0.15) is 0 Å². The lowest BCUT2D eigenvalue weighted by molar-refractivity contribution is 0.180. The van der Waals surface area contributed by atoms with E-state index in [1.54, 1.807) is 0 Å². The first-order chi connectivity index (χ1) is 18.0. The summed E-state index contributed by atoms with van der Waals surface area (Å²) in [4.78, 5) is 0. The van der Waals surface area contributed by atoms with E-state index in [0.29, 0.717) is 35.9 Å². The molecular formula is C33H44N4. The molecule has 1 fully saturated rings. The van der Waals surface area contributed by atoms with Crippen LogP contribution in [0, 0.1) is 12.8 Å². The SMILES string of the molecule is C=CC1=C(CNC)C(c2ccccc2C)C(C)c2c1c1ccccc1n2C1CC(C)C(NC)C(NC)C1. The number of benzene rings is 2. The summed E-state index contributed by atoms with van der Waals surface area (Å²) in [6.07, 6.45) is 4.42. The molecule has 3 aromatic rings. The predicted molar refractivity (Wildman–Crippen MR) is 158 cm³/mol. The van der Waals surface area contributed by atoms with Crippen LogP contribution < -0.4 is 16.0 Å². The van der Waals surface area contributed by atoms with Gasteiger partial charge in [-0.2, -0.15) is 0 Å². The molecule has 0 radical (unpaired) electrons. The summed E-state index contributed by atoms with van der Waals surface area (Å²) in [6.45, 7) is 12.4. The van der Waals surface area contributed by atoms with Crippen LogP contribution in [0.3, 0.4) is 0 Å². The molecule has 1 heterocycles. The summed E-state index contributed by atoms with van der Waals surface area (Å²) in [5.74, 6) is 1.24. The fourth-order valence-electron chi connectivity index (χ4n) is 7.72. The minimum Gasteiger partial charge on any atom is -0.341 e. The van der Waals surface area contributed by atoms with E-state index in [2.05, 4.69) is 124 Å². The van der Waals surface area contributed by atoms with Gasteiger partial charge in [0.15, 0.2) is 0 Å². The fourth-order valence-corrected chi connectivity index (χ4v) is 7.72. The van der Waals surface area contributed by atoms with Crippen LogP contribution in [0.25, 0.3) is 16.5 Å². The van der Waals surface area contributed by atoms with E-state index in [1.807, 2.05) is 0 Å². The van der Waals surface area contributed by atoms with Crippen molar-refractivity contribution in [1.29, 1.82) is 0 Å². The minimum absolute atomic E-state index is 0.309. The lowest BCUT2D eigenvalue weighted by Crippen LogP contribution is -2.53. The number of fused-ring (bicyclic) bond motifs is 3. The molecule has 0 aliphatic heterocycles. The normalized spacial score (nSPS) is 27.9. The first kappa shape index (κ1) is 26.0. The lowest BCUT2D eigenvalue weighted by Gasteiger charge is -2.43. The molecule has 0 spiro atoms. The molecule has 2 aliphatic carbocycles. The molecule has 196 valence electrons. The van der Waals surface area contributed by atoms with Crippen molar-refractivity contribution >= 4 is 16.5 Å². The van der Waals surface area contributed by atoms with Gasteiger partial charge in [-0.25, -0.2) is 0 Å². The standard InChI is InChI=1S/C33H44N4/c1-8-24-27(19-34-5)30(25-14-10-9-13-20(25)2)22(4)33-31(24)26-15-11-12-16-29(26)37(33)23-17-21(3)32(36-7)28(18-23)35-6/h8-16,21-23,28,30,32,34-36H,1,17-19H2,2-7H3. The Bertz CT molecular complexity index is 1320. The Morgan fingerprint density at radius 1 is 0.973 bits per heavy atom. The molecule has 1 saturated carbocycles. The monoisotopic (exact) mass is 496 g/mol. The van der Waals surface area contributed by atoms with Crippen molar-refractivity contribution in [2.45, 2.75) is 63.6 Å². The zero-order valence-corrected chi connectivity index (χ0v) is 23.4. The second kappa shape index (κ2) is 10.6. The number of aryl methyl sites for hydroxylation is 1. The number of nitrogens with zero attached hydrogens (tertiary/aromatic N) is 1. The Balaban J connectivity index is 1.78. The van der Waals surface area contributed by atoms with Crippen molar-refractivity contribution in [1.82, 2.24) is 20.5 Å². The summed E-state index contributed by atoms with van der Waals surface area (Å²) in [6, 6.07) is 19.4. The van der Waals surface area contributed by atoms with Gasteiger partial charge in [-0.1, -0.05) is 69.0 Å². The molecule has 1 aromatic heterocycles. The zero-order chi connectivity index (χ0) is 26.3. The highest BCUT2D eigenvalue weighted by Gasteiger charge is 2.41. The van der Waals surface area contributed by atoms with Crippen molar-refractivity contribution in [3.63, 3.8) is 0 Å². The van der Waals surface area contributed by atoms with Gasteiger partial charge in [-0.3, -0.25) is 0 Å². The molecule has 2 aliphatic rings. The number of aromatic nitrogens is 1. The molecule has 0 bridgehead atoms. The number of rotatable bonds is 7. The minimum atomic E-state index is 0.309. The molecule has 4 nitrogen and oxygen atoms in total. The molecule has 0 amide bonds. The summed E-state index contributed by atoms with van der Waals surface area (Å²) < 4.78 is 2.74. The second-order valence-corrected chi connectivity index (χ2v) is 11.3. The Morgan fingerprint density at radius 2 is 1.70 bits per heavy atom. The summed E-state index contributed by atoms with van der Waals surface area (Å²) >= 11 is 0. The third-order valence-electron chi connectivity index (χ3n) is 9.25. The highest BCUT2D eigenvalue weighted by molar-refractivity contribution is 6.00. The van der Waals surface area contributed by atoms with Crippen LogP contribution in [0.1, 0.15) is 67.0 Å². The second-order valence-electron chi connectivity index (χ2n) is 11.3. The van der Waals surface area contributed by atoms with Crippen molar-refractivity contribution in [2.75, 3.05) is 27.7 Å². The van der Waals surface area contributed by atoms with Gasteiger partial charge >= 0.3 is 0 Å². The lowest BCUT2D eigenvalue weighted by atomic mass is 9.70. The Morgan fingerprint density at radius 3 is 2.38 bits per heavy atom. The van der Waals surface area contributed by atoms with E-state index in [1.165, 1.54) is 50.9 Å². The van der Waals surface area contributed by atoms with Crippen molar-refractivity contribution in [3.05, 3.63) is 89.1 Å². The highest BCUT2D eigenvalue weighted by atomic mass is 15.1. The fraction of sp³-hybridized carbons (Fsp3) is 0.455. The topological polar surface area (TPSA) is 41.0 Å². The Hall–Kier alpha value is -2.66. The highest BCUT2D eigenvalue weighted by Crippen LogP contribution is 2.53. The van der Waals surface area contributed by atoms with Gasteiger partial charge in [-0.15, -0.1) is 0 Å². The van der Waals surface area contributed by atoms with E-state index in [-0.39, 0.29) is 0 Å². The van der Waals surface area contributed by atoms with Gasteiger partial charge in [0.05, 0.1) is 0 Å². The van der Waals surface area contributed by atoms with Gasteiger partial charge in [-0.05, 0) is 75.2 Å². The number of nitrogens with one attached hydrogen (secondary N) is 3. The van der Waals surface area contributed by atoms with Gasteiger partial charge in [0.2, 0.25) is 0 Å². The van der Waals surface area contributed by atoms with Crippen LogP contribution in [-0.4, -0.2) is 44.3 Å². The number of likely N-dealkylation sites (N-methyl/N-ethyl adjacent to an activating group) is 3. The maximum absolute atomic E-state index is 4.37. The molecule has 2 aromatic carbocycles. The molecule has 0 saturated heterocycles. The number of hydrogen-bond donors (Lipinski definition) is 3. The Kier molecular flexibility index (Phi) is 7.44. The maximum Gasteiger partial charge on any atom is 0.0491 e. The first-order valence-corrected chi connectivity index (χ1v) is 14.0. The third-order valence-corrected chi connectivity index (χ3v) is 9.25. The van der Waals surface area contributed by atoms with E-state index < -0.39 is 0 Å². The quantitative estimate of drug-likeness (QED) is 0.367. The summed E-state index contributed by atoms with van der Waals surface area (Å²) in [7, 11) is 6.29. The van der Waals surface area contributed by atoms with Crippen LogP contribution in [0.15, 0.2) is 66.8 Å². The molecule has 4 heteroatoms. The van der Waals surface area contributed by atoms with Crippen LogP contribution in [0.4, 0.5) is 0 Å². The van der Waals surface area contributed by atoms with E-state index in [0.717, 1.165) is 13.0 Å². The largest absolute Gasteiger partial charge is 0.341 e. The van der Waals surface area contributed by atoms with Crippen LogP contribution in [0.5, 0.6) is 0 Å². The third kappa shape index (κ3) is 4.20. The smallest absolute Gasteiger partial charge is 0.0491 e. The molecular weight excluding hydrogens is 452 g/mol. The molecule has 3 N–H and O–H groups in total. The van der Waals surface area contributed by atoms with Crippen molar-refractivity contribution in [3.8, 4) is 0 Å². The van der Waals surface area contributed by atoms with Crippen molar-refractivity contribution in [2.24, 2.45) is 5.92 Å². The average Bonchev–Trinajstić information content (AvgIpc) is 3.25. The number of hydrogen-bond acceptors (Lipinski definition) is 3. The van der Waals surface area contributed by atoms with Crippen LogP contribution >= 0.6 is 0 Å². The van der Waals surface area contributed by atoms with E-state index >= 15 is 0 Å². The van der Waals surface area contributed by atoms with E-state index in [9.17, 15) is 0 Å². The van der Waals surface area contributed by atoms with E-state index in [4.69, 9.17) is 0 Å². The van der Waals surface area contributed by atoms with Crippen LogP contribution in [-0.2, 0) is 0 Å². The first-order valence-electron chi connectivity index (χ1n) is 14.0. The van der Waals surface area contributed by atoms with Crippen LogP contribution in [0.2, 0.25) is 0 Å². The molecule has 6 atom stereocenters. The number of para-hydroxylation sites is 1. The van der Waals surface area contributed by atoms with Gasteiger partial charge in [0, 0.05) is 58.7 Å². The van der Waals surface area contributed by atoms with Gasteiger partial charge < -0.3 is 20.5 Å².